The molecule has 160 valence electrons. The van der Waals surface area contributed by atoms with Crippen molar-refractivity contribution >= 4 is 28.2 Å². The summed E-state index contributed by atoms with van der Waals surface area (Å²) in [6.45, 7) is 2.78. The molecule has 0 radical (unpaired) electrons. The van der Waals surface area contributed by atoms with Crippen molar-refractivity contribution in [2.45, 2.75) is 39.1 Å². The Morgan fingerprint density at radius 1 is 1.13 bits per heavy atom. The van der Waals surface area contributed by atoms with Crippen LogP contribution in [0.25, 0.3) is 10.8 Å². The molecule has 2 aromatic carbocycles. The highest BCUT2D eigenvalue weighted by molar-refractivity contribution is 6.46. The standard InChI is InChI=1S/C23H22N2O6/c1-14-19-12-17(9-10-18(19)23(28)31-25-14)24-22(27)21(26)16-7-5-15(6-8-16)13-30-20-4-2-3-11-29-20/h5-10,12,20H,2-4,11,13H2,1H3,(H,24,27). The average molecular weight is 422 g/mol. The summed E-state index contributed by atoms with van der Waals surface area (Å²) in [5.74, 6) is -1.43. The lowest BCUT2D eigenvalue weighted by atomic mass is 10.1. The molecule has 1 saturated heterocycles. The van der Waals surface area contributed by atoms with E-state index >= 15 is 0 Å². The lowest BCUT2D eigenvalue weighted by Crippen LogP contribution is -2.23. The predicted octanol–water partition coefficient (Wildman–Crippen LogP) is 3.36. The molecule has 1 atom stereocenters. The molecule has 1 unspecified atom stereocenters. The first-order valence-electron chi connectivity index (χ1n) is 10.1. The fraction of sp³-hybridized carbons (Fsp3) is 0.304. The van der Waals surface area contributed by atoms with E-state index in [0.717, 1.165) is 24.8 Å². The first-order chi connectivity index (χ1) is 15.0. The topological polar surface area (TPSA) is 108 Å². The van der Waals surface area contributed by atoms with Gasteiger partial charge in [0, 0.05) is 23.2 Å². The van der Waals surface area contributed by atoms with Crippen molar-refractivity contribution in [1.82, 2.24) is 5.16 Å². The molecule has 0 spiro atoms. The minimum Gasteiger partial charge on any atom is -0.353 e. The summed E-state index contributed by atoms with van der Waals surface area (Å²) in [6.07, 6.45) is 2.84. The summed E-state index contributed by atoms with van der Waals surface area (Å²) in [6, 6.07) is 11.4. The van der Waals surface area contributed by atoms with E-state index in [-0.39, 0.29) is 11.9 Å². The lowest BCUT2D eigenvalue weighted by Gasteiger charge is -2.22. The van der Waals surface area contributed by atoms with Gasteiger partial charge >= 0.3 is 5.63 Å². The Balaban J connectivity index is 1.39. The van der Waals surface area contributed by atoms with Crippen LogP contribution in [0, 0.1) is 6.92 Å². The Hall–Kier alpha value is -3.36. The first kappa shape index (κ1) is 20.9. The Kier molecular flexibility index (Phi) is 6.20. The minimum atomic E-state index is -0.771. The van der Waals surface area contributed by atoms with Crippen LogP contribution in [0.4, 0.5) is 5.69 Å². The highest BCUT2D eigenvalue weighted by Gasteiger charge is 2.18. The molecule has 31 heavy (non-hydrogen) atoms. The fourth-order valence-corrected chi connectivity index (χ4v) is 3.41. The SMILES string of the molecule is Cc1noc(=O)c2ccc(NC(=O)C(=O)c3ccc(COC4CCCCO4)cc3)cc12. The van der Waals surface area contributed by atoms with E-state index in [1.807, 2.05) is 0 Å². The van der Waals surface area contributed by atoms with E-state index in [1.165, 1.54) is 12.1 Å². The molecule has 0 aliphatic carbocycles. The van der Waals surface area contributed by atoms with E-state index in [0.29, 0.717) is 35.4 Å². The van der Waals surface area contributed by atoms with Crippen LogP contribution >= 0.6 is 0 Å². The number of nitrogens with zero attached hydrogens (tertiary/aromatic N) is 1. The molecule has 2 heterocycles. The molecule has 0 bridgehead atoms. The van der Waals surface area contributed by atoms with Gasteiger partial charge in [0.05, 0.1) is 17.7 Å². The van der Waals surface area contributed by atoms with Gasteiger partial charge in [-0.3, -0.25) is 9.59 Å². The molecular weight excluding hydrogens is 400 g/mol. The van der Waals surface area contributed by atoms with E-state index in [9.17, 15) is 14.4 Å². The molecule has 8 nitrogen and oxygen atoms in total. The number of carbonyl (C=O) groups excluding carboxylic acids is 2. The van der Waals surface area contributed by atoms with Gasteiger partial charge in [-0.1, -0.05) is 29.4 Å². The van der Waals surface area contributed by atoms with Crippen LogP contribution in [0.3, 0.4) is 0 Å². The summed E-state index contributed by atoms with van der Waals surface area (Å²) in [4.78, 5) is 36.7. The molecule has 8 heteroatoms. The van der Waals surface area contributed by atoms with Crippen molar-refractivity contribution in [3.63, 3.8) is 0 Å². The van der Waals surface area contributed by atoms with Crippen molar-refractivity contribution in [2.75, 3.05) is 11.9 Å². The second-order valence-electron chi connectivity index (χ2n) is 7.40. The molecule has 1 aliphatic heterocycles. The summed E-state index contributed by atoms with van der Waals surface area (Å²) < 4.78 is 15.9. The first-order valence-corrected chi connectivity index (χ1v) is 10.1. The van der Waals surface area contributed by atoms with E-state index in [2.05, 4.69) is 15.0 Å². The molecule has 3 aromatic rings. The molecule has 1 aliphatic rings. The molecule has 0 saturated carbocycles. The number of fused-ring (bicyclic) bond motifs is 1. The normalized spacial score (nSPS) is 16.2. The quantitative estimate of drug-likeness (QED) is 0.479. The van der Waals surface area contributed by atoms with Gasteiger partial charge in [0.2, 0.25) is 0 Å². The Morgan fingerprint density at radius 2 is 1.94 bits per heavy atom. The van der Waals surface area contributed by atoms with Gasteiger partial charge in [-0.2, -0.15) is 0 Å². The maximum Gasteiger partial charge on any atom is 0.366 e. The summed E-state index contributed by atoms with van der Waals surface area (Å²) in [7, 11) is 0. The van der Waals surface area contributed by atoms with Gasteiger partial charge in [0.25, 0.3) is 11.7 Å². The summed E-state index contributed by atoms with van der Waals surface area (Å²) >= 11 is 0. The number of benzene rings is 2. The van der Waals surface area contributed by atoms with Crippen LogP contribution in [0.5, 0.6) is 0 Å². The highest BCUT2D eigenvalue weighted by Crippen LogP contribution is 2.19. The van der Waals surface area contributed by atoms with Gasteiger partial charge in [-0.15, -0.1) is 0 Å². The maximum atomic E-state index is 12.5. The van der Waals surface area contributed by atoms with Crippen LogP contribution in [0.15, 0.2) is 51.8 Å². The zero-order valence-corrected chi connectivity index (χ0v) is 17.1. The van der Waals surface area contributed by atoms with Crippen LogP contribution in [0.2, 0.25) is 0 Å². The second-order valence-corrected chi connectivity index (χ2v) is 7.40. The number of aryl methyl sites for hydroxylation is 1. The highest BCUT2D eigenvalue weighted by atomic mass is 16.7. The van der Waals surface area contributed by atoms with Crippen LogP contribution in [-0.2, 0) is 20.9 Å². The van der Waals surface area contributed by atoms with Gasteiger partial charge in [0.15, 0.2) is 6.29 Å². The number of ketones is 1. The number of hydrogen-bond acceptors (Lipinski definition) is 7. The minimum absolute atomic E-state index is 0.187. The zero-order valence-electron chi connectivity index (χ0n) is 17.1. The average Bonchev–Trinajstić information content (AvgIpc) is 2.81. The zero-order chi connectivity index (χ0) is 21.8. The van der Waals surface area contributed by atoms with Crippen molar-refractivity contribution in [3.8, 4) is 0 Å². The van der Waals surface area contributed by atoms with Crippen molar-refractivity contribution in [2.24, 2.45) is 0 Å². The smallest absolute Gasteiger partial charge is 0.353 e. The van der Waals surface area contributed by atoms with Crippen LogP contribution in [0.1, 0.15) is 40.9 Å². The number of Topliss-reactive ketones (excluding diaryl/α,β-unsaturated/α-hetero) is 1. The Labute approximate surface area is 178 Å². The summed E-state index contributed by atoms with van der Waals surface area (Å²) in [5, 5.41) is 7.15. The van der Waals surface area contributed by atoms with E-state index in [1.54, 1.807) is 37.3 Å². The third-order valence-electron chi connectivity index (χ3n) is 5.15. The Bertz CT molecular complexity index is 1160. The number of carbonyl (C=O) groups is 2. The third kappa shape index (κ3) is 4.87. The number of rotatable bonds is 6. The molecule has 4 rings (SSSR count). The number of anilines is 1. The third-order valence-corrected chi connectivity index (χ3v) is 5.15. The molecule has 1 fully saturated rings. The molecule has 1 N–H and O–H groups in total. The van der Waals surface area contributed by atoms with Gasteiger partial charge in [0.1, 0.15) is 0 Å². The van der Waals surface area contributed by atoms with Gasteiger partial charge in [-0.25, -0.2) is 4.79 Å². The van der Waals surface area contributed by atoms with Gasteiger partial charge in [-0.05, 0) is 49.9 Å². The van der Waals surface area contributed by atoms with Crippen LogP contribution < -0.4 is 10.9 Å². The van der Waals surface area contributed by atoms with Crippen LogP contribution in [-0.4, -0.2) is 29.7 Å². The maximum absolute atomic E-state index is 12.5. The van der Waals surface area contributed by atoms with Crippen molar-refractivity contribution in [3.05, 3.63) is 69.7 Å². The molecular formula is C23H22N2O6. The fourth-order valence-electron chi connectivity index (χ4n) is 3.41. The van der Waals surface area contributed by atoms with Crippen molar-refractivity contribution in [1.29, 1.82) is 0 Å². The number of hydrogen-bond donors (Lipinski definition) is 1. The van der Waals surface area contributed by atoms with Gasteiger partial charge < -0.3 is 19.3 Å². The largest absolute Gasteiger partial charge is 0.366 e. The molecule has 1 aromatic heterocycles. The summed E-state index contributed by atoms with van der Waals surface area (Å²) in [5.41, 5.74) is 1.50. The second kappa shape index (κ2) is 9.20. The Morgan fingerprint density at radius 3 is 2.68 bits per heavy atom. The number of amides is 1. The number of aromatic nitrogens is 1. The molecule has 1 amide bonds. The van der Waals surface area contributed by atoms with E-state index in [4.69, 9.17) is 9.47 Å². The number of ether oxygens (including phenoxy) is 2. The predicted molar refractivity (Wildman–Crippen MR) is 113 cm³/mol. The lowest BCUT2D eigenvalue weighted by molar-refractivity contribution is -0.168. The monoisotopic (exact) mass is 422 g/mol. The van der Waals surface area contributed by atoms with Crippen molar-refractivity contribution < 1.29 is 23.6 Å². The number of nitrogens with one attached hydrogen (secondary N) is 1. The van der Waals surface area contributed by atoms with E-state index < -0.39 is 17.3 Å².